The number of aryl methyl sites for hydroxylation is 1. The summed E-state index contributed by atoms with van der Waals surface area (Å²) in [5, 5.41) is 3.42. The number of carbonyl (C=O) groups is 2. The number of halogens is 1. The van der Waals surface area contributed by atoms with Crippen molar-refractivity contribution in [3.8, 4) is 5.75 Å². The minimum atomic E-state index is -0.228. The number of nitrogens with one attached hydrogen (secondary N) is 2. The van der Waals surface area contributed by atoms with E-state index in [1.807, 2.05) is 50.4 Å². The first kappa shape index (κ1) is 21.7. The van der Waals surface area contributed by atoms with Crippen molar-refractivity contribution < 1.29 is 19.2 Å². The van der Waals surface area contributed by atoms with Crippen LogP contribution >= 0.6 is 11.6 Å². The van der Waals surface area contributed by atoms with Crippen LogP contribution < -0.4 is 15.0 Å². The van der Waals surface area contributed by atoms with Crippen molar-refractivity contribution in [2.45, 2.75) is 13.5 Å². The molecule has 6 nitrogen and oxygen atoms in total. The number of nitrogens with zero attached hydrogens (tertiary/aromatic N) is 1. The van der Waals surface area contributed by atoms with Crippen LogP contribution in [0.15, 0.2) is 42.5 Å². The number of carbonyl (C=O) groups excluding carboxylic acids is 2. The summed E-state index contributed by atoms with van der Waals surface area (Å²) in [5.41, 5.74) is 2.76. The van der Waals surface area contributed by atoms with Crippen LogP contribution in [0.25, 0.3) is 0 Å². The number of hydrogen-bond donors (Lipinski definition) is 2. The fraction of sp³-hybridized carbons (Fsp3) is 0.333. The zero-order chi connectivity index (χ0) is 20.7. The molecule has 0 aliphatic heterocycles. The second-order valence-electron chi connectivity index (χ2n) is 6.93. The monoisotopic (exact) mass is 404 g/mol. The highest BCUT2D eigenvalue weighted by atomic mass is 35.5. The molecule has 7 heteroatoms. The largest absolute Gasteiger partial charge is 0.496 e. The molecule has 2 aromatic carbocycles. The Kier molecular flexibility index (Phi) is 7.84. The fourth-order valence-electron chi connectivity index (χ4n) is 2.81. The Balaban J connectivity index is 1.86. The van der Waals surface area contributed by atoms with Gasteiger partial charge in [0, 0.05) is 23.3 Å². The lowest BCUT2D eigenvalue weighted by Gasteiger charge is -2.20. The summed E-state index contributed by atoms with van der Waals surface area (Å²) >= 11 is 6.06. The lowest BCUT2D eigenvalue weighted by molar-refractivity contribution is -0.885. The molecule has 0 saturated carbocycles. The lowest BCUT2D eigenvalue weighted by atomic mass is 10.2. The number of rotatable bonds is 8. The van der Waals surface area contributed by atoms with Crippen LogP contribution in [-0.2, 0) is 16.1 Å². The van der Waals surface area contributed by atoms with Gasteiger partial charge >= 0.3 is 0 Å². The lowest BCUT2D eigenvalue weighted by Crippen LogP contribution is -3.08. The van der Waals surface area contributed by atoms with Gasteiger partial charge in [-0.2, -0.15) is 0 Å². The summed E-state index contributed by atoms with van der Waals surface area (Å²) in [5.74, 6) is 0.397. The molecule has 2 amide bonds. The van der Waals surface area contributed by atoms with Crippen LogP contribution in [0.3, 0.4) is 0 Å². The molecule has 0 aliphatic carbocycles. The summed E-state index contributed by atoms with van der Waals surface area (Å²) in [6.07, 6.45) is 0. The van der Waals surface area contributed by atoms with E-state index in [-0.39, 0.29) is 24.9 Å². The van der Waals surface area contributed by atoms with Gasteiger partial charge in [0.05, 0.1) is 20.7 Å². The van der Waals surface area contributed by atoms with Gasteiger partial charge in [0.2, 0.25) is 5.91 Å². The smallest absolute Gasteiger partial charge is 0.277 e. The number of hydrogen-bond acceptors (Lipinski definition) is 3. The molecule has 2 aromatic rings. The first-order valence-corrected chi connectivity index (χ1v) is 9.40. The third kappa shape index (κ3) is 6.55. The molecule has 0 aromatic heterocycles. The minimum Gasteiger partial charge on any atom is -0.496 e. The van der Waals surface area contributed by atoms with Gasteiger partial charge in [-0.05, 0) is 37.3 Å². The van der Waals surface area contributed by atoms with Gasteiger partial charge in [0.15, 0.2) is 6.54 Å². The van der Waals surface area contributed by atoms with Gasteiger partial charge in [-0.3, -0.25) is 9.59 Å². The molecule has 2 rings (SSSR count). The maximum absolute atomic E-state index is 12.5. The van der Waals surface area contributed by atoms with E-state index < -0.39 is 0 Å². The molecule has 0 heterocycles. The van der Waals surface area contributed by atoms with Crippen LogP contribution in [0.4, 0.5) is 5.69 Å². The van der Waals surface area contributed by atoms with Crippen LogP contribution in [0, 0.1) is 6.92 Å². The number of likely N-dealkylation sites (N-methyl/N-ethyl adjacent to an activating group) is 2. The van der Waals surface area contributed by atoms with E-state index in [1.165, 1.54) is 4.90 Å². The van der Waals surface area contributed by atoms with Crippen LogP contribution in [-0.4, -0.2) is 51.0 Å². The van der Waals surface area contributed by atoms with E-state index in [1.54, 1.807) is 20.2 Å². The SMILES string of the molecule is COc1ccc(Cl)cc1C[NH+](C)CC(=O)N(C)CC(=O)Nc1ccc(C)cc1. The number of methoxy groups -OCH3 is 1. The molecule has 0 bridgehead atoms. The molecule has 0 saturated heterocycles. The zero-order valence-corrected chi connectivity index (χ0v) is 17.5. The van der Waals surface area contributed by atoms with Gasteiger partial charge in [0.1, 0.15) is 12.3 Å². The maximum atomic E-state index is 12.5. The summed E-state index contributed by atoms with van der Waals surface area (Å²) < 4.78 is 5.35. The predicted molar refractivity (Wildman–Crippen MR) is 111 cm³/mol. The zero-order valence-electron chi connectivity index (χ0n) is 16.7. The Hall–Kier alpha value is -2.57. The quantitative estimate of drug-likeness (QED) is 0.704. The molecule has 1 unspecified atom stereocenters. The summed E-state index contributed by atoms with van der Waals surface area (Å²) in [6.45, 7) is 2.82. The van der Waals surface area contributed by atoms with Crippen molar-refractivity contribution in [1.82, 2.24) is 4.90 Å². The van der Waals surface area contributed by atoms with E-state index in [9.17, 15) is 9.59 Å². The number of amides is 2. The summed E-state index contributed by atoms with van der Waals surface area (Å²) in [4.78, 5) is 27.0. The second kappa shape index (κ2) is 10.1. The van der Waals surface area contributed by atoms with Gasteiger partial charge in [-0.1, -0.05) is 29.3 Å². The Bertz CT molecular complexity index is 824. The minimum absolute atomic E-state index is 0.000472. The Morgan fingerprint density at radius 1 is 1.18 bits per heavy atom. The molecule has 0 spiro atoms. The van der Waals surface area contributed by atoms with Crippen molar-refractivity contribution >= 4 is 29.1 Å². The standard InChI is InChI=1S/C21H26ClN3O3/c1-15-5-8-18(9-6-15)23-20(26)13-25(3)21(27)14-24(2)12-16-11-17(22)7-10-19(16)28-4/h5-11H,12-14H2,1-4H3,(H,23,26)/p+1. The molecule has 150 valence electrons. The third-order valence-electron chi connectivity index (χ3n) is 4.33. The molecular weight excluding hydrogens is 378 g/mol. The molecule has 0 fully saturated rings. The number of quaternary nitrogens is 1. The Labute approximate surface area is 171 Å². The first-order chi connectivity index (χ1) is 13.3. The molecular formula is C21H27ClN3O3+. The third-order valence-corrected chi connectivity index (χ3v) is 4.56. The van der Waals surface area contributed by atoms with E-state index in [0.717, 1.165) is 21.8 Å². The highest BCUT2D eigenvalue weighted by molar-refractivity contribution is 6.30. The average molecular weight is 405 g/mol. The van der Waals surface area contributed by atoms with Crippen molar-refractivity contribution in [3.05, 3.63) is 58.6 Å². The van der Waals surface area contributed by atoms with Crippen molar-refractivity contribution in [1.29, 1.82) is 0 Å². The van der Waals surface area contributed by atoms with Gasteiger partial charge in [-0.25, -0.2) is 0 Å². The predicted octanol–water partition coefficient (Wildman–Crippen LogP) is 1.77. The van der Waals surface area contributed by atoms with Gasteiger partial charge in [0.25, 0.3) is 5.91 Å². The number of benzene rings is 2. The highest BCUT2D eigenvalue weighted by Gasteiger charge is 2.18. The molecule has 2 N–H and O–H groups in total. The van der Waals surface area contributed by atoms with E-state index in [0.29, 0.717) is 17.3 Å². The van der Waals surface area contributed by atoms with Crippen LogP contribution in [0.5, 0.6) is 5.75 Å². The molecule has 0 radical (unpaired) electrons. The normalized spacial score (nSPS) is 11.6. The highest BCUT2D eigenvalue weighted by Crippen LogP contribution is 2.21. The van der Waals surface area contributed by atoms with Gasteiger partial charge < -0.3 is 19.9 Å². The van der Waals surface area contributed by atoms with Crippen molar-refractivity contribution in [3.63, 3.8) is 0 Å². The average Bonchev–Trinajstić information content (AvgIpc) is 2.63. The second-order valence-corrected chi connectivity index (χ2v) is 7.37. The van der Waals surface area contributed by atoms with Crippen LogP contribution in [0.1, 0.15) is 11.1 Å². The first-order valence-electron chi connectivity index (χ1n) is 9.02. The summed E-state index contributed by atoms with van der Waals surface area (Å²) in [7, 11) is 5.15. The Morgan fingerprint density at radius 3 is 2.50 bits per heavy atom. The van der Waals surface area contributed by atoms with Gasteiger partial charge in [-0.15, -0.1) is 0 Å². The topological polar surface area (TPSA) is 63.1 Å². The molecule has 1 atom stereocenters. The van der Waals surface area contributed by atoms with Crippen molar-refractivity contribution in [2.75, 3.05) is 39.6 Å². The maximum Gasteiger partial charge on any atom is 0.277 e. The summed E-state index contributed by atoms with van der Waals surface area (Å²) in [6, 6.07) is 12.9. The molecule has 0 aliphatic rings. The van der Waals surface area contributed by atoms with E-state index in [4.69, 9.17) is 16.3 Å². The Morgan fingerprint density at radius 2 is 1.86 bits per heavy atom. The van der Waals surface area contributed by atoms with E-state index in [2.05, 4.69) is 5.32 Å². The van der Waals surface area contributed by atoms with Crippen molar-refractivity contribution in [2.24, 2.45) is 0 Å². The van der Waals surface area contributed by atoms with Crippen LogP contribution in [0.2, 0.25) is 5.02 Å². The van der Waals surface area contributed by atoms with E-state index >= 15 is 0 Å². The molecule has 28 heavy (non-hydrogen) atoms. The number of ether oxygens (including phenoxy) is 1. The number of anilines is 1. The fourth-order valence-corrected chi connectivity index (χ4v) is 3.00.